The van der Waals surface area contributed by atoms with Crippen LogP contribution in [0.3, 0.4) is 0 Å². The Hall–Kier alpha value is -1.91. The molecule has 0 aliphatic heterocycles. The van der Waals surface area contributed by atoms with E-state index in [0.29, 0.717) is 11.1 Å². The van der Waals surface area contributed by atoms with Gasteiger partial charge >= 0.3 is 5.97 Å². The van der Waals surface area contributed by atoms with E-state index in [-0.39, 0.29) is 0 Å². The summed E-state index contributed by atoms with van der Waals surface area (Å²) >= 11 is 0. The van der Waals surface area contributed by atoms with Crippen LogP contribution >= 0.6 is 0 Å². The van der Waals surface area contributed by atoms with Crippen LogP contribution in [0.1, 0.15) is 19.4 Å². The monoisotopic (exact) mass is 219 g/mol. The van der Waals surface area contributed by atoms with E-state index in [1.54, 1.807) is 31.6 Å². The third-order valence-electron chi connectivity index (χ3n) is 2.85. The lowest BCUT2D eigenvalue weighted by Crippen LogP contribution is -2.28. The highest BCUT2D eigenvalue weighted by Gasteiger charge is 2.32. The van der Waals surface area contributed by atoms with Crippen LogP contribution in [0.2, 0.25) is 0 Å². The molecule has 0 atom stereocenters. The van der Waals surface area contributed by atoms with Crippen molar-refractivity contribution in [2.75, 3.05) is 0 Å². The number of rotatable bonds is 2. The van der Waals surface area contributed by atoms with E-state index in [2.05, 4.69) is 10.3 Å². The number of benzene rings is 1. The third kappa shape index (κ3) is 1.36. The number of hydrogen-bond donors (Lipinski definition) is 1. The van der Waals surface area contributed by atoms with Crippen LogP contribution in [0.4, 0.5) is 0 Å². The van der Waals surface area contributed by atoms with E-state index in [9.17, 15) is 9.90 Å². The number of fused-ring (bicyclic) bond motifs is 1. The second kappa shape index (κ2) is 3.30. The van der Waals surface area contributed by atoms with E-state index >= 15 is 0 Å². The number of nitrogens with zero attached hydrogens (tertiary/aromatic N) is 3. The van der Waals surface area contributed by atoms with Crippen molar-refractivity contribution < 1.29 is 9.90 Å². The van der Waals surface area contributed by atoms with Crippen LogP contribution in [0.25, 0.3) is 11.0 Å². The van der Waals surface area contributed by atoms with Crippen LogP contribution in [0, 0.1) is 0 Å². The first-order valence-corrected chi connectivity index (χ1v) is 4.97. The van der Waals surface area contributed by atoms with Gasteiger partial charge in [0.25, 0.3) is 0 Å². The average Bonchev–Trinajstić information content (AvgIpc) is 2.60. The lowest BCUT2D eigenvalue weighted by molar-refractivity contribution is -0.142. The molecule has 1 heterocycles. The van der Waals surface area contributed by atoms with Crippen molar-refractivity contribution in [3.63, 3.8) is 0 Å². The molecule has 5 heteroatoms. The SMILES string of the molecule is Cn1nnc2c(C(C)(C)C(=O)O)cccc21. The van der Waals surface area contributed by atoms with Gasteiger partial charge in [0, 0.05) is 7.05 Å². The highest BCUT2D eigenvalue weighted by molar-refractivity contribution is 5.88. The zero-order valence-corrected chi connectivity index (χ0v) is 9.43. The van der Waals surface area contributed by atoms with Gasteiger partial charge in [-0.1, -0.05) is 17.3 Å². The highest BCUT2D eigenvalue weighted by Crippen LogP contribution is 2.28. The maximum absolute atomic E-state index is 11.2. The molecule has 1 aromatic heterocycles. The van der Waals surface area contributed by atoms with Gasteiger partial charge in [0.15, 0.2) is 0 Å². The summed E-state index contributed by atoms with van der Waals surface area (Å²) in [4.78, 5) is 11.2. The Balaban J connectivity index is 2.75. The Bertz CT molecular complexity index is 557. The Morgan fingerprint density at radius 3 is 2.75 bits per heavy atom. The largest absolute Gasteiger partial charge is 0.481 e. The fourth-order valence-corrected chi connectivity index (χ4v) is 1.68. The molecule has 1 aromatic carbocycles. The minimum absolute atomic E-state index is 0.650. The van der Waals surface area contributed by atoms with Crippen LogP contribution in [-0.4, -0.2) is 26.1 Å². The number of hydrogen-bond acceptors (Lipinski definition) is 3. The third-order valence-corrected chi connectivity index (χ3v) is 2.85. The second-order valence-electron chi connectivity index (χ2n) is 4.32. The van der Waals surface area contributed by atoms with Gasteiger partial charge in [-0.2, -0.15) is 0 Å². The molecule has 0 bridgehead atoms. The molecule has 0 saturated carbocycles. The van der Waals surface area contributed by atoms with Crippen molar-refractivity contribution in [2.24, 2.45) is 7.05 Å². The summed E-state index contributed by atoms with van der Waals surface area (Å²) in [5.74, 6) is -0.870. The normalized spacial score (nSPS) is 11.9. The molecule has 0 aliphatic rings. The first kappa shape index (κ1) is 10.6. The average molecular weight is 219 g/mol. The summed E-state index contributed by atoms with van der Waals surface area (Å²) in [7, 11) is 1.78. The summed E-state index contributed by atoms with van der Waals surface area (Å²) < 4.78 is 1.64. The fourth-order valence-electron chi connectivity index (χ4n) is 1.68. The summed E-state index contributed by atoms with van der Waals surface area (Å²) in [6.07, 6.45) is 0. The van der Waals surface area contributed by atoms with Gasteiger partial charge in [-0.25, -0.2) is 4.68 Å². The van der Waals surface area contributed by atoms with E-state index in [1.807, 2.05) is 12.1 Å². The maximum atomic E-state index is 11.2. The lowest BCUT2D eigenvalue weighted by Gasteiger charge is -2.19. The Labute approximate surface area is 92.7 Å². The molecule has 0 spiro atoms. The fraction of sp³-hybridized carbons (Fsp3) is 0.364. The van der Waals surface area contributed by atoms with Gasteiger partial charge in [0.1, 0.15) is 5.52 Å². The Kier molecular flexibility index (Phi) is 2.18. The Morgan fingerprint density at radius 2 is 2.12 bits per heavy atom. The summed E-state index contributed by atoms with van der Waals surface area (Å²) in [6.45, 7) is 3.33. The van der Waals surface area contributed by atoms with Crippen molar-refractivity contribution in [1.29, 1.82) is 0 Å². The summed E-state index contributed by atoms with van der Waals surface area (Å²) in [5, 5.41) is 17.1. The number of aliphatic carboxylic acids is 1. The molecule has 1 N–H and O–H groups in total. The van der Waals surface area contributed by atoms with Crippen molar-refractivity contribution in [3.8, 4) is 0 Å². The zero-order chi connectivity index (χ0) is 11.9. The van der Waals surface area contributed by atoms with Crippen LogP contribution in [0.5, 0.6) is 0 Å². The highest BCUT2D eigenvalue weighted by atomic mass is 16.4. The molecule has 84 valence electrons. The minimum Gasteiger partial charge on any atom is -0.481 e. The van der Waals surface area contributed by atoms with E-state index in [0.717, 1.165) is 5.52 Å². The molecule has 5 nitrogen and oxygen atoms in total. The molecule has 0 radical (unpaired) electrons. The quantitative estimate of drug-likeness (QED) is 0.827. The van der Waals surface area contributed by atoms with Gasteiger partial charge in [0.2, 0.25) is 0 Å². The van der Waals surface area contributed by atoms with E-state index < -0.39 is 11.4 Å². The smallest absolute Gasteiger partial charge is 0.313 e. The zero-order valence-electron chi connectivity index (χ0n) is 9.43. The number of aryl methyl sites for hydroxylation is 1. The predicted molar refractivity (Wildman–Crippen MR) is 59.2 cm³/mol. The molecule has 0 aliphatic carbocycles. The van der Waals surface area contributed by atoms with Crippen LogP contribution < -0.4 is 0 Å². The van der Waals surface area contributed by atoms with Crippen LogP contribution in [-0.2, 0) is 17.3 Å². The molecule has 16 heavy (non-hydrogen) atoms. The summed E-state index contributed by atoms with van der Waals surface area (Å²) in [6, 6.07) is 5.48. The number of aromatic nitrogens is 3. The molecule has 0 unspecified atom stereocenters. The van der Waals surface area contributed by atoms with Crippen molar-refractivity contribution in [1.82, 2.24) is 15.0 Å². The van der Waals surface area contributed by atoms with Crippen molar-refractivity contribution in [2.45, 2.75) is 19.3 Å². The standard InChI is InChI=1S/C11H13N3O2/c1-11(2,10(15)16)7-5-4-6-8-9(7)12-13-14(8)3/h4-6H,1-3H3,(H,15,16). The first-order chi connectivity index (χ1) is 7.44. The molecular weight excluding hydrogens is 206 g/mol. The molecule has 2 aromatic rings. The predicted octanol–water partition coefficient (Wildman–Crippen LogP) is 1.33. The van der Waals surface area contributed by atoms with Gasteiger partial charge in [-0.15, -0.1) is 5.10 Å². The minimum atomic E-state index is -0.963. The molecular formula is C11H13N3O2. The van der Waals surface area contributed by atoms with Crippen molar-refractivity contribution >= 4 is 17.0 Å². The van der Waals surface area contributed by atoms with Gasteiger partial charge in [-0.05, 0) is 25.5 Å². The van der Waals surface area contributed by atoms with Crippen LogP contribution in [0.15, 0.2) is 18.2 Å². The first-order valence-electron chi connectivity index (χ1n) is 4.97. The Morgan fingerprint density at radius 1 is 1.44 bits per heavy atom. The number of carbonyl (C=O) groups is 1. The van der Waals surface area contributed by atoms with Gasteiger partial charge in [-0.3, -0.25) is 4.79 Å². The van der Waals surface area contributed by atoms with Crippen molar-refractivity contribution in [3.05, 3.63) is 23.8 Å². The number of carboxylic acid groups (broad SMARTS) is 1. The van der Waals surface area contributed by atoms with E-state index in [4.69, 9.17) is 0 Å². The molecule has 2 rings (SSSR count). The maximum Gasteiger partial charge on any atom is 0.313 e. The molecule has 0 saturated heterocycles. The summed E-state index contributed by atoms with van der Waals surface area (Å²) in [5.41, 5.74) is 1.21. The number of carboxylic acids is 1. The topological polar surface area (TPSA) is 68.0 Å². The molecule has 0 fully saturated rings. The second-order valence-corrected chi connectivity index (χ2v) is 4.32. The lowest BCUT2D eigenvalue weighted by atomic mass is 9.84. The van der Waals surface area contributed by atoms with Gasteiger partial charge < -0.3 is 5.11 Å². The van der Waals surface area contributed by atoms with Gasteiger partial charge in [0.05, 0.1) is 10.9 Å². The van der Waals surface area contributed by atoms with E-state index in [1.165, 1.54) is 0 Å². The molecule has 0 amide bonds.